The number of aryl methyl sites for hydroxylation is 1. The first-order chi connectivity index (χ1) is 9.90. The minimum atomic E-state index is -3.71. The number of hydrogen-bond donors (Lipinski definition) is 1. The van der Waals surface area contributed by atoms with E-state index in [1.54, 1.807) is 31.2 Å². The molecule has 0 aliphatic carbocycles. The predicted molar refractivity (Wildman–Crippen MR) is 78.0 cm³/mol. The number of nitrogens with two attached hydrogens (primary N) is 1. The summed E-state index contributed by atoms with van der Waals surface area (Å²) in [6.07, 6.45) is 0. The Morgan fingerprint density at radius 3 is 2.62 bits per heavy atom. The lowest BCUT2D eigenvalue weighted by molar-refractivity contribution is 0.304. The maximum Gasteiger partial charge on any atom is 0.238 e. The van der Waals surface area contributed by atoms with E-state index in [-0.39, 0.29) is 4.90 Å². The van der Waals surface area contributed by atoms with E-state index in [0.29, 0.717) is 23.5 Å². The largest absolute Gasteiger partial charge is 0.489 e. The Kier molecular flexibility index (Phi) is 4.26. The molecule has 0 spiro atoms. The molecule has 0 aromatic heterocycles. The molecule has 2 aromatic carbocycles. The Labute approximate surface area is 123 Å². The van der Waals surface area contributed by atoms with Crippen molar-refractivity contribution in [2.75, 3.05) is 0 Å². The maximum atomic E-state index is 11.3. The van der Waals surface area contributed by atoms with Crippen molar-refractivity contribution in [1.29, 1.82) is 5.26 Å². The van der Waals surface area contributed by atoms with Gasteiger partial charge in [0.25, 0.3) is 0 Å². The SMILES string of the molecule is Cc1cc(S(N)(=O)=O)ccc1OCc1cccc(C#N)c1. The summed E-state index contributed by atoms with van der Waals surface area (Å²) in [5.74, 6) is 0.574. The number of benzene rings is 2. The van der Waals surface area contributed by atoms with Crippen LogP contribution in [0.5, 0.6) is 5.75 Å². The molecule has 0 fully saturated rings. The van der Waals surface area contributed by atoms with Crippen LogP contribution in [-0.4, -0.2) is 8.42 Å². The molecule has 0 saturated carbocycles. The lowest BCUT2D eigenvalue weighted by Crippen LogP contribution is -2.12. The van der Waals surface area contributed by atoms with Gasteiger partial charge < -0.3 is 4.74 Å². The van der Waals surface area contributed by atoms with Gasteiger partial charge in [-0.25, -0.2) is 13.6 Å². The Morgan fingerprint density at radius 1 is 1.24 bits per heavy atom. The fraction of sp³-hybridized carbons (Fsp3) is 0.133. The van der Waals surface area contributed by atoms with Crippen LogP contribution in [0.4, 0.5) is 0 Å². The van der Waals surface area contributed by atoms with Gasteiger partial charge in [0.15, 0.2) is 0 Å². The molecule has 5 nitrogen and oxygen atoms in total. The van der Waals surface area contributed by atoms with E-state index in [9.17, 15) is 8.42 Å². The molecule has 21 heavy (non-hydrogen) atoms. The maximum absolute atomic E-state index is 11.3. The average Bonchev–Trinajstić information content (AvgIpc) is 2.45. The smallest absolute Gasteiger partial charge is 0.238 e. The van der Waals surface area contributed by atoms with Gasteiger partial charge in [0.1, 0.15) is 12.4 Å². The minimum Gasteiger partial charge on any atom is -0.489 e. The summed E-state index contributed by atoms with van der Waals surface area (Å²) < 4.78 is 28.2. The number of ether oxygens (including phenoxy) is 1. The molecule has 0 atom stereocenters. The van der Waals surface area contributed by atoms with Crippen molar-refractivity contribution in [2.45, 2.75) is 18.4 Å². The quantitative estimate of drug-likeness (QED) is 0.935. The van der Waals surface area contributed by atoms with E-state index in [1.165, 1.54) is 12.1 Å². The molecule has 0 radical (unpaired) electrons. The van der Waals surface area contributed by atoms with Gasteiger partial charge >= 0.3 is 0 Å². The molecule has 0 aliphatic rings. The van der Waals surface area contributed by atoms with Crippen LogP contribution < -0.4 is 9.88 Å². The number of nitriles is 1. The summed E-state index contributed by atoms with van der Waals surface area (Å²) in [6, 6.07) is 13.6. The molecule has 0 unspecified atom stereocenters. The minimum absolute atomic E-state index is 0.0545. The number of primary sulfonamides is 1. The van der Waals surface area contributed by atoms with Crippen LogP contribution >= 0.6 is 0 Å². The first-order valence-corrected chi connectivity index (χ1v) is 7.70. The Balaban J connectivity index is 2.15. The Morgan fingerprint density at radius 2 is 2.00 bits per heavy atom. The molecule has 0 bridgehead atoms. The fourth-order valence-corrected chi connectivity index (χ4v) is 2.45. The Bertz CT molecular complexity index is 808. The summed E-state index contributed by atoms with van der Waals surface area (Å²) in [5, 5.41) is 13.9. The highest BCUT2D eigenvalue weighted by molar-refractivity contribution is 7.89. The first-order valence-electron chi connectivity index (χ1n) is 6.15. The topological polar surface area (TPSA) is 93.2 Å². The molecule has 0 amide bonds. The number of nitrogens with zero attached hydrogens (tertiary/aromatic N) is 1. The lowest BCUT2D eigenvalue weighted by Gasteiger charge is -2.10. The van der Waals surface area contributed by atoms with E-state index in [2.05, 4.69) is 6.07 Å². The fourth-order valence-electron chi connectivity index (χ4n) is 1.85. The van der Waals surface area contributed by atoms with Crippen molar-refractivity contribution >= 4 is 10.0 Å². The van der Waals surface area contributed by atoms with Gasteiger partial charge in [0.2, 0.25) is 10.0 Å². The van der Waals surface area contributed by atoms with Crippen molar-refractivity contribution in [3.05, 3.63) is 59.2 Å². The molecule has 0 heterocycles. The van der Waals surface area contributed by atoms with Crippen LogP contribution in [-0.2, 0) is 16.6 Å². The van der Waals surface area contributed by atoms with Crippen molar-refractivity contribution in [1.82, 2.24) is 0 Å². The van der Waals surface area contributed by atoms with Gasteiger partial charge in [0.05, 0.1) is 16.5 Å². The summed E-state index contributed by atoms with van der Waals surface area (Å²) >= 11 is 0. The second kappa shape index (κ2) is 5.95. The van der Waals surface area contributed by atoms with Crippen molar-refractivity contribution in [3.8, 4) is 11.8 Å². The normalized spacial score (nSPS) is 10.9. The van der Waals surface area contributed by atoms with Crippen LogP contribution in [0.1, 0.15) is 16.7 Å². The second-order valence-electron chi connectivity index (χ2n) is 4.57. The van der Waals surface area contributed by atoms with Gasteiger partial charge in [-0.1, -0.05) is 12.1 Å². The highest BCUT2D eigenvalue weighted by Gasteiger charge is 2.10. The zero-order chi connectivity index (χ0) is 15.5. The monoisotopic (exact) mass is 302 g/mol. The predicted octanol–water partition coefficient (Wildman–Crippen LogP) is 2.09. The van der Waals surface area contributed by atoms with Crippen LogP contribution in [0.25, 0.3) is 0 Å². The molecule has 2 N–H and O–H groups in total. The summed E-state index contributed by atoms with van der Waals surface area (Å²) in [4.78, 5) is 0.0545. The zero-order valence-electron chi connectivity index (χ0n) is 11.4. The van der Waals surface area contributed by atoms with Crippen LogP contribution in [0.15, 0.2) is 47.4 Å². The van der Waals surface area contributed by atoms with Gasteiger partial charge in [0, 0.05) is 0 Å². The van der Waals surface area contributed by atoms with Gasteiger partial charge in [-0.15, -0.1) is 0 Å². The van der Waals surface area contributed by atoms with Crippen molar-refractivity contribution in [2.24, 2.45) is 5.14 Å². The van der Waals surface area contributed by atoms with E-state index in [4.69, 9.17) is 15.1 Å². The molecule has 0 saturated heterocycles. The third-order valence-corrected chi connectivity index (χ3v) is 3.84. The van der Waals surface area contributed by atoms with Crippen LogP contribution in [0, 0.1) is 18.3 Å². The summed E-state index contributed by atoms with van der Waals surface area (Å²) in [7, 11) is -3.71. The summed E-state index contributed by atoms with van der Waals surface area (Å²) in [6.45, 7) is 2.04. The number of sulfonamides is 1. The Hall–Kier alpha value is -2.36. The molecule has 2 aromatic rings. The average molecular weight is 302 g/mol. The molecule has 108 valence electrons. The molecule has 6 heteroatoms. The van der Waals surface area contributed by atoms with Gasteiger partial charge in [-0.2, -0.15) is 5.26 Å². The van der Waals surface area contributed by atoms with E-state index in [1.807, 2.05) is 6.07 Å². The number of hydrogen-bond acceptors (Lipinski definition) is 4. The highest BCUT2D eigenvalue weighted by Crippen LogP contribution is 2.22. The van der Waals surface area contributed by atoms with Gasteiger partial charge in [-0.05, 0) is 48.4 Å². The van der Waals surface area contributed by atoms with E-state index in [0.717, 1.165) is 5.56 Å². The third-order valence-electron chi connectivity index (χ3n) is 2.93. The van der Waals surface area contributed by atoms with Crippen molar-refractivity contribution < 1.29 is 13.2 Å². The third kappa shape index (κ3) is 3.81. The second-order valence-corrected chi connectivity index (χ2v) is 6.13. The molecular formula is C15H14N2O3S. The first kappa shape index (κ1) is 15.0. The van der Waals surface area contributed by atoms with Crippen LogP contribution in [0.3, 0.4) is 0 Å². The standard InChI is InChI=1S/C15H14N2O3S/c1-11-7-14(21(17,18)19)5-6-15(11)20-10-13-4-2-3-12(8-13)9-16/h2-8H,10H2,1H3,(H2,17,18,19). The van der Waals surface area contributed by atoms with Crippen LogP contribution in [0.2, 0.25) is 0 Å². The van der Waals surface area contributed by atoms with E-state index >= 15 is 0 Å². The zero-order valence-corrected chi connectivity index (χ0v) is 12.2. The van der Waals surface area contributed by atoms with Gasteiger partial charge in [-0.3, -0.25) is 0 Å². The lowest BCUT2D eigenvalue weighted by atomic mass is 10.1. The molecule has 2 rings (SSSR count). The van der Waals surface area contributed by atoms with E-state index < -0.39 is 10.0 Å². The highest BCUT2D eigenvalue weighted by atomic mass is 32.2. The number of rotatable bonds is 4. The molecular weight excluding hydrogens is 288 g/mol. The van der Waals surface area contributed by atoms with Crippen molar-refractivity contribution in [3.63, 3.8) is 0 Å². The summed E-state index contributed by atoms with van der Waals surface area (Å²) in [5.41, 5.74) is 2.11. The molecule has 0 aliphatic heterocycles.